The summed E-state index contributed by atoms with van der Waals surface area (Å²) in [5.74, 6) is -1.04. The Morgan fingerprint density at radius 2 is 1.90 bits per heavy atom. The number of aromatic nitrogens is 5. The molecule has 1 aromatic carbocycles. The van der Waals surface area contributed by atoms with Crippen LogP contribution in [0.3, 0.4) is 0 Å². The number of aromatic carboxylic acids is 1. The molecular formula is C26H23ClF2N6O4. The van der Waals surface area contributed by atoms with Gasteiger partial charge in [-0.3, -0.25) is 9.36 Å². The number of hydrogen-bond donors (Lipinski definition) is 2. The van der Waals surface area contributed by atoms with Crippen LogP contribution in [0.5, 0.6) is 0 Å². The molecule has 0 unspecified atom stereocenters. The Hall–Kier alpha value is -3.93. The molecule has 2 bridgehead atoms. The van der Waals surface area contributed by atoms with Crippen molar-refractivity contribution in [3.8, 4) is 0 Å². The number of halogens is 3. The summed E-state index contributed by atoms with van der Waals surface area (Å²) in [6.07, 6.45) is -1.12. The second-order valence-corrected chi connectivity index (χ2v) is 11.0. The third-order valence-corrected chi connectivity index (χ3v) is 8.07. The number of anilines is 1. The maximum Gasteiger partial charge on any atom is 0.356 e. The Bertz CT molecular complexity index is 1720. The van der Waals surface area contributed by atoms with Gasteiger partial charge in [-0.05, 0) is 56.9 Å². The third kappa shape index (κ3) is 3.80. The zero-order valence-electron chi connectivity index (χ0n) is 21.1. The number of alkyl halides is 2. The van der Waals surface area contributed by atoms with Crippen LogP contribution in [0, 0.1) is 6.92 Å². The molecule has 10 nitrogen and oxygen atoms in total. The van der Waals surface area contributed by atoms with Gasteiger partial charge in [0.05, 0.1) is 22.6 Å². The van der Waals surface area contributed by atoms with Gasteiger partial charge in [-0.25, -0.2) is 14.8 Å². The lowest BCUT2D eigenvalue weighted by Crippen LogP contribution is -2.69. The Labute approximate surface area is 225 Å². The van der Waals surface area contributed by atoms with Gasteiger partial charge in [-0.1, -0.05) is 22.8 Å². The van der Waals surface area contributed by atoms with Crippen LogP contribution in [0.1, 0.15) is 77.8 Å². The first kappa shape index (κ1) is 25.4. The lowest BCUT2D eigenvalue weighted by Gasteiger charge is -2.68. The van der Waals surface area contributed by atoms with Crippen LogP contribution < -0.4 is 10.9 Å². The van der Waals surface area contributed by atoms with E-state index in [-0.39, 0.29) is 27.9 Å². The number of nitrogens with zero attached hydrogens (tertiary/aromatic N) is 5. The van der Waals surface area contributed by atoms with E-state index in [9.17, 15) is 23.5 Å². The van der Waals surface area contributed by atoms with Crippen molar-refractivity contribution in [1.82, 2.24) is 24.7 Å². The molecule has 0 amide bonds. The number of carboxylic acid groups (broad SMARTS) is 1. The molecule has 3 fully saturated rings. The topological polar surface area (TPSA) is 136 Å². The van der Waals surface area contributed by atoms with Crippen LogP contribution in [0.25, 0.3) is 10.9 Å². The second-order valence-electron chi connectivity index (χ2n) is 10.6. The van der Waals surface area contributed by atoms with Crippen molar-refractivity contribution in [1.29, 1.82) is 0 Å². The van der Waals surface area contributed by atoms with Gasteiger partial charge in [0.1, 0.15) is 11.0 Å². The number of carbonyl (C=O) groups is 1. The number of pyridine rings is 1. The quantitative estimate of drug-likeness (QED) is 0.306. The minimum Gasteiger partial charge on any atom is -0.476 e. The van der Waals surface area contributed by atoms with Crippen LogP contribution in [0.2, 0.25) is 5.15 Å². The van der Waals surface area contributed by atoms with E-state index in [1.807, 2.05) is 19.9 Å². The minimum atomic E-state index is -2.83. The van der Waals surface area contributed by atoms with Crippen molar-refractivity contribution < 1.29 is 23.2 Å². The Kier molecular flexibility index (Phi) is 5.55. The average molecular weight is 557 g/mol. The summed E-state index contributed by atoms with van der Waals surface area (Å²) in [6, 6.07) is 6.30. The Balaban J connectivity index is 1.38. The lowest BCUT2D eigenvalue weighted by molar-refractivity contribution is -0.0846. The normalized spacial score (nSPS) is 22.4. The SMILES string of the molecule is Cc1cc([C@@H](C)Nc2ccc(Cl)nc2C(=O)O)c2nc(C34CC(c5noc(C(F)F)n5)(C3)C4)n(C)c(=O)c2c1. The molecule has 0 spiro atoms. The number of hydrogen-bond acceptors (Lipinski definition) is 8. The van der Waals surface area contributed by atoms with Crippen molar-refractivity contribution >= 4 is 34.2 Å². The smallest absolute Gasteiger partial charge is 0.356 e. The van der Waals surface area contributed by atoms with Crippen molar-refractivity contribution in [2.75, 3.05) is 5.32 Å². The van der Waals surface area contributed by atoms with E-state index in [2.05, 4.69) is 20.4 Å². The van der Waals surface area contributed by atoms with Crippen LogP contribution in [-0.2, 0) is 17.9 Å². The lowest BCUT2D eigenvalue weighted by atomic mass is 9.34. The minimum absolute atomic E-state index is 0.0593. The van der Waals surface area contributed by atoms with Gasteiger partial charge in [0, 0.05) is 23.4 Å². The van der Waals surface area contributed by atoms with Gasteiger partial charge in [0.15, 0.2) is 11.5 Å². The van der Waals surface area contributed by atoms with Crippen LogP contribution >= 0.6 is 11.6 Å². The van der Waals surface area contributed by atoms with Crippen molar-refractivity contribution in [3.63, 3.8) is 0 Å². The molecular weight excluding hydrogens is 534 g/mol. The van der Waals surface area contributed by atoms with Gasteiger partial charge >= 0.3 is 12.4 Å². The fourth-order valence-electron chi connectivity index (χ4n) is 6.18. The van der Waals surface area contributed by atoms with Crippen LogP contribution in [0.15, 0.2) is 33.6 Å². The largest absolute Gasteiger partial charge is 0.476 e. The van der Waals surface area contributed by atoms with Crippen molar-refractivity contribution in [2.24, 2.45) is 7.05 Å². The number of fused-ring (bicyclic) bond motifs is 1. The zero-order valence-corrected chi connectivity index (χ0v) is 21.9. The highest BCUT2D eigenvalue weighted by atomic mass is 35.5. The predicted octanol–water partition coefficient (Wildman–Crippen LogP) is 4.86. The molecule has 3 aliphatic carbocycles. The van der Waals surface area contributed by atoms with Gasteiger partial charge < -0.3 is 14.9 Å². The van der Waals surface area contributed by atoms with Crippen LogP contribution in [-0.4, -0.2) is 35.8 Å². The molecule has 2 N–H and O–H groups in total. The fraction of sp³-hybridized carbons (Fsp3) is 0.385. The van der Waals surface area contributed by atoms with E-state index in [0.717, 1.165) is 11.1 Å². The van der Waals surface area contributed by atoms with Gasteiger partial charge in [-0.15, -0.1) is 0 Å². The van der Waals surface area contributed by atoms with Gasteiger partial charge in [-0.2, -0.15) is 13.8 Å². The number of nitrogens with one attached hydrogen (secondary N) is 1. The summed E-state index contributed by atoms with van der Waals surface area (Å²) in [5, 5.41) is 17.0. The van der Waals surface area contributed by atoms with E-state index in [0.29, 0.717) is 36.0 Å². The van der Waals surface area contributed by atoms with Gasteiger partial charge in [0.25, 0.3) is 11.4 Å². The molecule has 0 aliphatic heterocycles. The molecule has 1 atom stereocenters. The van der Waals surface area contributed by atoms with Crippen molar-refractivity contribution in [3.05, 3.63) is 74.1 Å². The zero-order chi connectivity index (χ0) is 27.9. The average Bonchev–Trinajstić information content (AvgIpc) is 3.32. The monoisotopic (exact) mass is 556 g/mol. The molecule has 0 saturated heterocycles. The number of benzene rings is 1. The van der Waals surface area contributed by atoms with Crippen LogP contribution in [0.4, 0.5) is 14.5 Å². The van der Waals surface area contributed by atoms with E-state index in [1.165, 1.54) is 6.07 Å². The van der Waals surface area contributed by atoms with E-state index in [1.54, 1.807) is 23.7 Å². The summed E-state index contributed by atoms with van der Waals surface area (Å²) in [6.45, 7) is 3.72. The first-order valence-corrected chi connectivity index (χ1v) is 12.6. The first-order valence-electron chi connectivity index (χ1n) is 12.2. The van der Waals surface area contributed by atoms with E-state index < -0.39 is 35.2 Å². The number of rotatable bonds is 7. The summed E-state index contributed by atoms with van der Waals surface area (Å²) < 4.78 is 32.2. The maximum atomic E-state index is 13.5. The number of carboxylic acids is 1. The van der Waals surface area contributed by atoms with Gasteiger partial charge in [0.2, 0.25) is 0 Å². The molecule has 13 heteroatoms. The highest BCUT2D eigenvalue weighted by Gasteiger charge is 2.72. The Morgan fingerprint density at radius 1 is 1.18 bits per heavy atom. The molecule has 202 valence electrons. The summed E-state index contributed by atoms with van der Waals surface area (Å²) in [7, 11) is 1.68. The molecule has 4 aromatic rings. The van der Waals surface area contributed by atoms with E-state index >= 15 is 0 Å². The Morgan fingerprint density at radius 3 is 2.54 bits per heavy atom. The third-order valence-electron chi connectivity index (χ3n) is 7.86. The summed E-state index contributed by atoms with van der Waals surface area (Å²) >= 11 is 5.90. The molecule has 3 saturated carbocycles. The molecule has 3 heterocycles. The second kappa shape index (κ2) is 8.54. The number of aryl methyl sites for hydroxylation is 1. The first-order chi connectivity index (χ1) is 18.4. The molecule has 3 aliphatic rings. The molecule has 7 rings (SSSR count). The van der Waals surface area contributed by atoms with E-state index in [4.69, 9.17) is 21.1 Å². The predicted molar refractivity (Wildman–Crippen MR) is 136 cm³/mol. The highest BCUT2D eigenvalue weighted by Crippen LogP contribution is 2.73. The highest BCUT2D eigenvalue weighted by molar-refractivity contribution is 6.29. The standard InChI is InChI=1S/C26H23ClF2N6O4/c1-11-6-13(12(2)30-15-4-5-16(27)31-18(15)22(37)38)17-14(7-11)21(36)35(3)24(32-17)26-8-25(9-26,10-26)23-33-20(19(28)29)39-34-23/h4-7,12,19,30H,8-10H2,1-3H3,(H,37,38)/t12-,25?,26?/m1/s1. The fourth-order valence-corrected chi connectivity index (χ4v) is 6.33. The summed E-state index contributed by atoms with van der Waals surface area (Å²) in [4.78, 5) is 38.0. The maximum absolute atomic E-state index is 13.5. The molecule has 39 heavy (non-hydrogen) atoms. The van der Waals surface area contributed by atoms with Crippen molar-refractivity contribution in [2.45, 2.75) is 56.4 Å². The summed E-state index contributed by atoms with van der Waals surface area (Å²) in [5.41, 5.74) is 1.08. The molecule has 0 radical (unpaired) electrons. The molecule has 3 aromatic heterocycles.